The fourth-order valence-electron chi connectivity index (χ4n) is 3.84. The molecule has 9 heteroatoms. The molecule has 4 atom stereocenters. The van der Waals surface area contributed by atoms with Crippen LogP contribution in [0.5, 0.6) is 0 Å². The van der Waals surface area contributed by atoms with Gasteiger partial charge in [-0.2, -0.15) is 0 Å². The number of nitrogens with one attached hydrogen (secondary N) is 1. The lowest BCUT2D eigenvalue weighted by Crippen LogP contribution is -2.56. The van der Waals surface area contributed by atoms with Crippen molar-refractivity contribution >= 4 is 29.5 Å². The van der Waals surface area contributed by atoms with Gasteiger partial charge in [0.05, 0.1) is 17.3 Å². The molecular weight excluding hydrogens is 464 g/mol. The third kappa shape index (κ3) is 6.37. The number of benzene rings is 1. The zero-order valence-corrected chi connectivity index (χ0v) is 20.4. The molecule has 2 heterocycles. The number of aliphatic hydroxyl groups is 1. The van der Waals surface area contributed by atoms with E-state index in [-0.39, 0.29) is 29.3 Å². The summed E-state index contributed by atoms with van der Waals surface area (Å²) in [5.74, 6) is -1.29. The second-order valence-electron chi connectivity index (χ2n) is 8.09. The minimum absolute atomic E-state index is 0.170. The molecule has 1 fully saturated rings. The number of carbonyl (C=O) groups is 3. The number of carbonyl (C=O) groups excluding carboxylic acids is 3. The first-order valence-electron chi connectivity index (χ1n) is 11.3. The van der Waals surface area contributed by atoms with Crippen molar-refractivity contribution in [1.82, 2.24) is 20.1 Å². The van der Waals surface area contributed by atoms with Gasteiger partial charge in [0.25, 0.3) is 17.7 Å². The zero-order chi connectivity index (χ0) is 25.4. The zero-order valence-electron chi connectivity index (χ0n) is 19.6. The van der Waals surface area contributed by atoms with Crippen molar-refractivity contribution in [3.05, 3.63) is 91.3 Å². The van der Waals surface area contributed by atoms with Crippen LogP contribution < -0.4 is 5.32 Å². The molecule has 3 amide bonds. The van der Waals surface area contributed by atoms with Crippen LogP contribution in [0.4, 0.5) is 0 Å². The Balaban J connectivity index is 1.87. The maximum Gasteiger partial charge on any atom is 0.270 e. The Morgan fingerprint density at radius 1 is 1.23 bits per heavy atom. The second-order valence-corrected chi connectivity index (χ2v) is 9.37. The average Bonchev–Trinajstić information content (AvgIpc) is 3.00. The lowest BCUT2D eigenvalue weighted by atomic mass is 9.99. The Kier molecular flexibility index (Phi) is 9.22. The van der Waals surface area contributed by atoms with Gasteiger partial charge in [-0.3, -0.25) is 19.4 Å². The first-order chi connectivity index (χ1) is 16.9. The van der Waals surface area contributed by atoms with Crippen molar-refractivity contribution in [1.29, 1.82) is 0 Å². The number of aliphatic hydroxyl groups excluding tert-OH is 1. The summed E-state index contributed by atoms with van der Waals surface area (Å²) in [5.41, 5.74) is 1.00. The van der Waals surface area contributed by atoms with E-state index in [9.17, 15) is 19.5 Å². The van der Waals surface area contributed by atoms with Gasteiger partial charge in [0.2, 0.25) is 0 Å². The lowest BCUT2D eigenvalue weighted by molar-refractivity contribution is -0.148. The largest absolute Gasteiger partial charge is 0.381 e. The van der Waals surface area contributed by atoms with Crippen LogP contribution in [-0.2, 0) is 16.0 Å². The van der Waals surface area contributed by atoms with Crippen molar-refractivity contribution in [2.24, 2.45) is 0 Å². The van der Waals surface area contributed by atoms with Gasteiger partial charge in [0, 0.05) is 12.7 Å². The second kappa shape index (κ2) is 12.3. The highest BCUT2D eigenvalue weighted by molar-refractivity contribution is 7.99. The summed E-state index contributed by atoms with van der Waals surface area (Å²) in [6.07, 6.45) is 3.14. The van der Waals surface area contributed by atoms with Crippen molar-refractivity contribution in [3.63, 3.8) is 0 Å². The Morgan fingerprint density at radius 2 is 1.94 bits per heavy atom. The Hall–Kier alpha value is -3.43. The van der Waals surface area contributed by atoms with E-state index in [1.54, 1.807) is 29.2 Å². The number of nitrogens with zero attached hydrogens (tertiary/aromatic N) is 3. The standard InChI is InChI=1S/C26H30N4O4S/c1-4-15-29-18(3)35-17-30(22(5-2)25(29)33)26(34)23(31)21(16-19-11-7-6-8-12-19)28-24(32)20-13-9-10-14-27-20/h4-14,18,21-23,31H,1-2,15-17H2,3H3,(H,28,32)/t18?,21-,22-,23-/m0/s1. The van der Waals surface area contributed by atoms with E-state index in [4.69, 9.17) is 0 Å². The molecule has 3 rings (SSSR count). The van der Waals surface area contributed by atoms with Gasteiger partial charge >= 0.3 is 0 Å². The van der Waals surface area contributed by atoms with Crippen molar-refractivity contribution in [3.8, 4) is 0 Å². The van der Waals surface area contributed by atoms with Gasteiger partial charge in [0.1, 0.15) is 11.7 Å². The molecule has 35 heavy (non-hydrogen) atoms. The summed E-state index contributed by atoms with van der Waals surface area (Å²) in [5, 5.41) is 13.8. The van der Waals surface area contributed by atoms with Crippen molar-refractivity contribution in [2.75, 3.05) is 12.4 Å². The molecule has 184 valence electrons. The van der Waals surface area contributed by atoms with E-state index in [2.05, 4.69) is 23.5 Å². The molecule has 8 nitrogen and oxygen atoms in total. The predicted octanol–water partition coefficient (Wildman–Crippen LogP) is 2.23. The fourth-order valence-corrected chi connectivity index (χ4v) is 4.87. The summed E-state index contributed by atoms with van der Waals surface area (Å²) in [6, 6.07) is 12.3. The normalized spacial score (nSPS) is 19.9. The maximum atomic E-state index is 13.5. The van der Waals surface area contributed by atoms with Gasteiger partial charge in [-0.05, 0) is 31.0 Å². The molecule has 1 aliphatic rings. The molecule has 2 aromatic rings. The third-order valence-electron chi connectivity index (χ3n) is 5.74. The first-order valence-corrected chi connectivity index (χ1v) is 12.3. The van der Waals surface area contributed by atoms with Crippen molar-refractivity contribution < 1.29 is 19.5 Å². The highest BCUT2D eigenvalue weighted by Gasteiger charge is 2.40. The molecule has 1 unspecified atom stereocenters. The predicted molar refractivity (Wildman–Crippen MR) is 136 cm³/mol. The number of aromatic nitrogens is 1. The smallest absolute Gasteiger partial charge is 0.270 e. The molecule has 0 aliphatic carbocycles. The summed E-state index contributed by atoms with van der Waals surface area (Å²) >= 11 is 1.40. The molecule has 0 spiro atoms. The topological polar surface area (TPSA) is 103 Å². The van der Waals surface area contributed by atoms with Gasteiger partial charge in [-0.25, -0.2) is 0 Å². The van der Waals surface area contributed by atoms with Gasteiger partial charge < -0.3 is 20.2 Å². The van der Waals surface area contributed by atoms with E-state index in [0.29, 0.717) is 6.54 Å². The number of rotatable bonds is 9. The van der Waals surface area contributed by atoms with Gasteiger partial charge in [-0.1, -0.05) is 48.6 Å². The summed E-state index contributed by atoms with van der Waals surface area (Å²) in [4.78, 5) is 46.5. The van der Waals surface area contributed by atoms with Crippen LogP contribution in [0.25, 0.3) is 0 Å². The third-order valence-corrected chi connectivity index (χ3v) is 6.91. The minimum Gasteiger partial charge on any atom is -0.381 e. The minimum atomic E-state index is -1.60. The molecule has 1 aromatic carbocycles. The number of hydrogen-bond acceptors (Lipinski definition) is 6. The summed E-state index contributed by atoms with van der Waals surface area (Å²) in [6.45, 7) is 9.67. The molecule has 0 saturated carbocycles. The Bertz CT molecular complexity index is 1050. The number of hydrogen-bond donors (Lipinski definition) is 2. The van der Waals surface area contributed by atoms with Crippen LogP contribution in [-0.4, -0.2) is 73.6 Å². The number of thioether (sulfide) groups is 1. The lowest BCUT2D eigenvalue weighted by Gasteiger charge is -2.32. The molecule has 1 aliphatic heterocycles. The molecule has 0 bridgehead atoms. The molecular formula is C26H30N4O4S. The Labute approximate surface area is 209 Å². The molecule has 1 saturated heterocycles. The number of pyridine rings is 1. The van der Waals surface area contributed by atoms with Crippen molar-refractivity contribution in [2.45, 2.75) is 36.9 Å². The van der Waals surface area contributed by atoms with E-state index in [1.165, 1.54) is 28.9 Å². The van der Waals surface area contributed by atoms with Crippen LogP contribution in [0.15, 0.2) is 80.0 Å². The van der Waals surface area contributed by atoms with E-state index < -0.39 is 30.0 Å². The van der Waals surface area contributed by atoms with Crippen LogP contribution in [0.1, 0.15) is 23.0 Å². The van der Waals surface area contributed by atoms with Crippen LogP contribution in [0.3, 0.4) is 0 Å². The summed E-state index contributed by atoms with van der Waals surface area (Å²) in [7, 11) is 0. The van der Waals surface area contributed by atoms with Crippen LogP contribution in [0.2, 0.25) is 0 Å². The van der Waals surface area contributed by atoms with Gasteiger partial charge in [0.15, 0.2) is 6.10 Å². The maximum absolute atomic E-state index is 13.5. The average molecular weight is 495 g/mol. The summed E-state index contributed by atoms with van der Waals surface area (Å²) < 4.78 is 0. The monoisotopic (exact) mass is 494 g/mol. The fraction of sp³-hybridized carbons (Fsp3) is 0.308. The highest BCUT2D eigenvalue weighted by atomic mass is 32.2. The SMILES string of the molecule is C=CCN1C(=O)[C@H](C=C)N(C(=O)[C@@H](O)[C@H](Cc2ccccc2)NC(=O)c2ccccn2)CSC1C. The first kappa shape index (κ1) is 26.2. The molecule has 2 N–H and O–H groups in total. The van der Waals surface area contributed by atoms with Crippen LogP contribution >= 0.6 is 11.8 Å². The number of amides is 3. The Morgan fingerprint density at radius 3 is 2.57 bits per heavy atom. The van der Waals surface area contributed by atoms with Crippen LogP contribution in [0, 0.1) is 0 Å². The van der Waals surface area contributed by atoms with E-state index >= 15 is 0 Å². The van der Waals surface area contributed by atoms with E-state index in [1.807, 2.05) is 37.3 Å². The van der Waals surface area contributed by atoms with E-state index in [0.717, 1.165) is 5.56 Å². The van der Waals surface area contributed by atoms with Gasteiger partial charge in [-0.15, -0.1) is 24.9 Å². The quantitative estimate of drug-likeness (QED) is 0.519. The highest BCUT2D eigenvalue weighted by Crippen LogP contribution is 2.26. The molecule has 1 aromatic heterocycles. The molecule has 0 radical (unpaired) electrons.